The number of hydrogen-bond acceptors (Lipinski definition) is 4. The van der Waals surface area contributed by atoms with E-state index in [0.717, 1.165) is 30.0 Å². The fourth-order valence-electron chi connectivity index (χ4n) is 1.97. The Hall–Kier alpha value is -1.94. The third-order valence-corrected chi connectivity index (χ3v) is 3.28. The molecule has 0 aliphatic rings. The van der Waals surface area contributed by atoms with E-state index in [0.29, 0.717) is 6.54 Å². The van der Waals surface area contributed by atoms with Gasteiger partial charge in [0.2, 0.25) is 0 Å². The van der Waals surface area contributed by atoms with Crippen LogP contribution in [0.15, 0.2) is 36.7 Å². The molecule has 2 aromatic rings. The Labute approximate surface area is 114 Å². The Morgan fingerprint density at radius 1 is 1.16 bits per heavy atom. The van der Waals surface area contributed by atoms with Gasteiger partial charge in [-0.05, 0) is 42.7 Å². The zero-order valence-corrected chi connectivity index (χ0v) is 11.5. The molecule has 4 heteroatoms. The van der Waals surface area contributed by atoms with Crippen molar-refractivity contribution in [3.05, 3.63) is 53.5 Å². The predicted molar refractivity (Wildman–Crippen MR) is 78.1 cm³/mol. The average molecular weight is 256 g/mol. The predicted octanol–water partition coefficient (Wildman–Crippen LogP) is 1.92. The standard InChI is InChI=1S/C15H20N4/c1-12-14(11-16)3-4-15(18-12)19(2)10-7-13-5-8-17-9-6-13/h3-6,8-9H,7,10-11,16H2,1-2H3. The van der Waals surface area contributed by atoms with Gasteiger partial charge >= 0.3 is 0 Å². The average Bonchev–Trinajstić information content (AvgIpc) is 2.45. The molecule has 0 saturated carbocycles. The maximum atomic E-state index is 5.65. The first kappa shape index (κ1) is 13.5. The summed E-state index contributed by atoms with van der Waals surface area (Å²) < 4.78 is 0. The number of aryl methyl sites for hydroxylation is 1. The lowest BCUT2D eigenvalue weighted by Crippen LogP contribution is -2.22. The third kappa shape index (κ3) is 3.51. The lowest BCUT2D eigenvalue weighted by Gasteiger charge is -2.19. The topological polar surface area (TPSA) is 55.0 Å². The maximum absolute atomic E-state index is 5.65. The van der Waals surface area contributed by atoms with Gasteiger partial charge in [0.25, 0.3) is 0 Å². The lowest BCUT2D eigenvalue weighted by molar-refractivity contribution is 0.850. The fraction of sp³-hybridized carbons (Fsp3) is 0.333. The second kappa shape index (κ2) is 6.29. The maximum Gasteiger partial charge on any atom is 0.128 e. The van der Waals surface area contributed by atoms with Crippen molar-refractivity contribution in [1.82, 2.24) is 9.97 Å². The minimum atomic E-state index is 0.542. The Kier molecular flexibility index (Phi) is 4.47. The van der Waals surface area contributed by atoms with E-state index < -0.39 is 0 Å². The molecule has 0 saturated heterocycles. The highest BCUT2D eigenvalue weighted by molar-refractivity contribution is 5.41. The fourth-order valence-corrected chi connectivity index (χ4v) is 1.97. The third-order valence-electron chi connectivity index (χ3n) is 3.28. The van der Waals surface area contributed by atoms with Gasteiger partial charge in [0, 0.05) is 38.2 Å². The zero-order valence-electron chi connectivity index (χ0n) is 11.5. The van der Waals surface area contributed by atoms with Crippen molar-refractivity contribution in [2.75, 3.05) is 18.5 Å². The molecule has 0 aromatic carbocycles. The first-order chi connectivity index (χ1) is 9.20. The van der Waals surface area contributed by atoms with Crippen molar-refractivity contribution in [2.24, 2.45) is 5.73 Å². The van der Waals surface area contributed by atoms with Gasteiger partial charge in [-0.2, -0.15) is 0 Å². The molecule has 100 valence electrons. The Morgan fingerprint density at radius 2 is 1.89 bits per heavy atom. The number of anilines is 1. The summed E-state index contributed by atoms with van der Waals surface area (Å²) in [5, 5.41) is 0. The van der Waals surface area contributed by atoms with E-state index in [-0.39, 0.29) is 0 Å². The van der Waals surface area contributed by atoms with Gasteiger partial charge in [-0.25, -0.2) is 4.98 Å². The smallest absolute Gasteiger partial charge is 0.128 e. The Bertz CT molecular complexity index is 525. The van der Waals surface area contributed by atoms with Gasteiger partial charge in [0.15, 0.2) is 0 Å². The van der Waals surface area contributed by atoms with Crippen LogP contribution in [0.5, 0.6) is 0 Å². The minimum Gasteiger partial charge on any atom is -0.359 e. The Balaban J connectivity index is 2.00. The van der Waals surface area contributed by atoms with Crippen LogP contribution < -0.4 is 10.6 Å². The van der Waals surface area contributed by atoms with Gasteiger partial charge in [0.1, 0.15) is 5.82 Å². The molecule has 0 unspecified atom stereocenters. The highest BCUT2D eigenvalue weighted by atomic mass is 15.2. The van der Waals surface area contributed by atoms with Crippen molar-refractivity contribution in [3.8, 4) is 0 Å². The molecule has 0 spiro atoms. The quantitative estimate of drug-likeness (QED) is 0.888. The van der Waals surface area contributed by atoms with Crippen LogP contribution in [0.3, 0.4) is 0 Å². The van der Waals surface area contributed by atoms with Crippen LogP contribution in [0.25, 0.3) is 0 Å². The van der Waals surface area contributed by atoms with Crippen LogP contribution in [0, 0.1) is 6.92 Å². The molecular formula is C15H20N4. The first-order valence-corrected chi connectivity index (χ1v) is 6.47. The van der Waals surface area contributed by atoms with Crippen molar-refractivity contribution in [2.45, 2.75) is 19.9 Å². The molecule has 0 aliphatic heterocycles. The number of aromatic nitrogens is 2. The molecule has 0 fully saturated rings. The van der Waals surface area contributed by atoms with Crippen molar-refractivity contribution in [3.63, 3.8) is 0 Å². The van der Waals surface area contributed by atoms with Crippen LogP contribution >= 0.6 is 0 Å². The van der Waals surface area contributed by atoms with E-state index in [2.05, 4.69) is 28.0 Å². The van der Waals surface area contributed by atoms with E-state index in [1.807, 2.05) is 37.5 Å². The van der Waals surface area contributed by atoms with Gasteiger partial charge in [-0.15, -0.1) is 0 Å². The van der Waals surface area contributed by atoms with Crippen LogP contribution in [0.1, 0.15) is 16.8 Å². The number of nitrogens with zero attached hydrogens (tertiary/aromatic N) is 3. The number of hydrogen-bond donors (Lipinski definition) is 1. The highest BCUT2D eigenvalue weighted by Crippen LogP contribution is 2.13. The summed E-state index contributed by atoms with van der Waals surface area (Å²) in [6.07, 6.45) is 4.64. The van der Waals surface area contributed by atoms with Gasteiger partial charge in [0.05, 0.1) is 0 Å². The summed E-state index contributed by atoms with van der Waals surface area (Å²) in [6, 6.07) is 8.18. The summed E-state index contributed by atoms with van der Waals surface area (Å²) >= 11 is 0. The van der Waals surface area contributed by atoms with Gasteiger partial charge < -0.3 is 10.6 Å². The Morgan fingerprint density at radius 3 is 2.53 bits per heavy atom. The van der Waals surface area contributed by atoms with Crippen LogP contribution in [0.2, 0.25) is 0 Å². The molecule has 19 heavy (non-hydrogen) atoms. The van der Waals surface area contributed by atoms with E-state index >= 15 is 0 Å². The first-order valence-electron chi connectivity index (χ1n) is 6.47. The van der Waals surface area contributed by atoms with Crippen molar-refractivity contribution < 1.29 is 0 Å². The second-order valence-corrected chi connectivity index (χ2v) is 4.65. The molecule has 4 nitrogen and oxygen atoms in total. The monoisotopic (exact) mass is 256 g/mol. The highest BCUT2D eigenvalue weighted by Gasteiger charge is 2.05. The molecule has 0 amide bonds. The SMILES string of the molecule is Cc1nc(N(C)CCc2ccncc2)ccc1CN. The molecule has 2 N–H and O–H groups in total. The molecule has 2 rings (SSSR count). The number of nitrogens with two attached hydrogens (primary N) is 1. The van der Waals surface area contributed by atoms with E-state index in [1.165, 1.54) is 5.56 Å². The molecule has 0 atom stereocenters. The van der Waals surface area contributed by atoms with Crippen molar-refractivity contribution in [1.29, 1.82) is 0 Å². The van der Waals surface area contributed by atoms with E-state index in [4.69, 9.17) is 5.73 Å². The van der Waals surface area contributed by atoms with Gasteiger partial charge in [-0.3, -0.25) is 4.98 Å². The summed E-state index contributed by atoms with van der Waals surface area (Å²) in [5.41, 5.74) is 9.05. The molecule has 0 bridgehead atoms. The van der Waals surface area contributed by atoms with Crippen molar-refractivity contribution >= 4 is 5.82 Å². The molecule has 0 radical (unpaired) electrons. The zero-order chi connectivity index (χ0) is 13.7. The van der Waals surface area contributed by atoms with Gasteiger partial charge in [-0.1, -0.05) is 6.07 Å². The number of pyridine rings is 2. The number of rotatable bonds is 5. The summed E-state index contributed by atoms with van der Waals surface area (Å²) in [6.45, 7) is 3.47. The minimum absolute atomic E-state index is 0.542. The largest absolute Gasteiger partial charge is 0.359 e. The van der Waals surface area contributed by atoms with Crippen LogP contribution in [-0.2, 0) is 13.0 Å². The number of likely N-dealkylation sites (N-methyl/N-ethyl adjacent to an activating group) is 1. The molecular weight excluding hydrogens is 236 g/mol. The van der Waals surface area contributed by atoms with Crippen LogP contribution in [-0.4, -0.2) is 23.6 Å². The summed E-state index contributed by atoms with van der Waals surface area (Å²) in [7, 11) is 2.06. The molecule has 2 aromatic heterocycles. The molecule has 2 heterocycles. The molecule has 0 aliphatic carbocycles. The second-order valence-electron chi connectivity index (χ2n) is 4.65. The van der Waals surface area contributed by atoms with E-state index in [9.17, 15) is 0 Å². The summed E-state index contributed by atoms with van der Waals surface area (Å²) in [4.78, 5) is 10.8. The lowest BCUT2D eigenvalue weighted by atomic mass is 10.2. The van der Waals surface area contributed by atoms with Crippen LogP contribution in [0.4, 0.5) is 5.82 Å². The van der Waals surface area contributed by atoms with E-state index in [1.54, 1.807) is 0 Å². The normalized spacial score (nSPS) is 10.5. The summed E-state index contributed by atoms with van der Waals surface area (Å²) in [5.74, 6) is 0.990.